The van der Waals surface area contributed by atoms with Crippen LogP contribution in [0.1, 0.15) is 10.4 Å². The molecule has 1 N–H and O–H groups in total. The minimum Gasteiger partial charge on any atom is -0.454 e. The van der Waals surface area contributed by atoms with Gasteiger partial charge < -0.3 is 15.0 Å². The van der Waals surface area contributed by atoms with Gasteiger partial charge in [-0.25, -0.2) is 0 Å². The third-order valence-electron chi connectivity index (χ3n) is 3.82. The Morgan fingerprint density at radius 1 is 0.923 bits per heavy atom. The first kappa shape index (κ1) is 17.8. The van der Waals surface area contributed by atoms with Crippen molar-refractivity contribution in [1.82, 2.24) is 0 Å². The molecule has 0 aliphatic rings. The van der Waals surface area contributed by atoms with Crippen LogP contribution in [0.3, 0.4) is 0 Å². The molecule has 0 aliphatic carbocycles. The number of ether oxygens (including phenoxy) is 1. The van der Waals surface area contributed by atoms with Crippen LogP contribution >= 0.6 is 11.6 Å². The summed E-state index contributed by atoms with van der Waals surface area (Å²) in [6, 6.07) is 21.9. The number of anilines is 2. The lowest BCUT2D eigenvalue weighted by Gasteiger charge is -2.15. The fourth-order valence-corrected chi connectivity index (χ4v) is 2.60. The number of benzene rings is 3. The number of nitrogens with one attached hydrogen (secondary N) is 1. The molecule has 5 heteroatoms. The molecule has 0 heterocycles. The Morgan fingerprint density at radius 3 is 2.35 bits per heavy atom. The molecule has 0 unspecified atom stereocenters. The molecule has 0 aliphatic heterocycles. The largest absolute Gasteiger partial charge is 0.454 e. The molecule has 0 fully saturated rings. The van der Waals surface area contributed by atoms with E-state index in [0.29, 0.717) is 27.8 Å². The van der Waals surface area contributed by atoms with Crippen LogP contribution in [0.4, 0.5) is 11.4 Å². The predicted octanol–water partition coefficient (Wildman–Crippen LogP) is 5.45. The van der Waals surface area contributed by atoms with Crippen molar-refractivity contribution in [3.05, 3.63) is 83.4 Å². The van der Waals surface area contributed by atoms with Crippen molar-refractivity contribution in [3.8, 4) is 11.5 Å². The van der Waals surface area contributed by atoms with E-state index in [4.69, 9.17) is 16.3 Å². The van der Waals surface area contributed by atoms with Gasteiger partial charge in [0.15, 0.2) is 5.75 Å². The third-order valence-corrected chi connectivity index (χ3v) is 4.13. The fourth-order valence-electron chi connectivity index (χ4n) is 2.42. The summed E-state index contributed by atoms with van der Waals surface area (Å²) in [6.07, 6.45) is 0. The minimum atomic E-state index is -0.205. The molecule has 26 heavy (non-hydrogen) atoms. The van der Waals surface area contributed by atoms with Crippen LogP contribution in [0.15, 0.2) is 72.8 Å². The second kappa shape index (κ2) is 7.93. The van der Waals surface area contributed by atoms with Crippen LogP contribution in [0, 0.1) is 0 Å². The van der Waals surface area contributed by atoms with E-state index in [0.717, 1.165) is 5.69 Å². The van der Waals surface area contributed by atoms with E-state index in [1.165, 1.54) is 0 Å². The summed E-state index contributed by atoms with van der Waals surface area (Å²) in [4.78, 5) is 14.6. The standard InChI is InChI=1S/C21H19ClN2O2/c1-24(2)16-9-7-8-15(14-16)21(25)23-18-11-4-6-13-20(18)26-19-12-5-3-10-17(19)22/h3-14H,1-2H3,(H,23,25). The molecule has 4 nitrogen and oxygen atoms in total. The van der Waals surface area contributed by atoms with Gasteiger partial charge in [0.2, 0.25) is 0 Å². The lowest BCUT2D eigenvalue weighted by atomic mass is 10.1. The zero-order valence-corrected chi connectivity index (χ0v) is 15.3. The van der Waals surface area contributed by atoms with Gasteiger partial charge in [0.05, 0.1) is 10.7 Å². The summed E-state index contributed by atoms with van der Waals surface area (Å²) in [5.41, 5.74) is 2.11. The number of amides is 1. The number of para-hydroxylation sites is 3. The minimum absolute atomic E-state index is 0.205. The Hall–Kier alpha value is -2.98. The van der Waals surface area contributed by atoms with Crippen LogP contribution in [0.2, 0.25) is 5.02 Å². The maximum atomic E-state index is 12.6. The van der Waals surface area contributed by atoms with Gasteiger partial charge in [-0.15, -0.1) is 0 Å². The molecule has 1 amide bonds. The van der Waals surface area contributed by atoms with E-state index in [-0.39, 0.29) is 5.91 Å². The van der Waals surface area contributed by atoms with Crippen LogP contribution in [-0.2, 0) is 0 Å². The molecule has 0 aromatic heterocycles. The predicted molar refractivity (Wildman–Crippen MR) is 107 cm³/mol. The first-order valence-electron chi connectivity index (χ1n) is 8.15. The SMILES string of the molecule is CN(C)c1cccc(C(=O)Nc2ccccc2Oc2ccccc2Cl)c1. The van der Waals surface area contributed by atoms with Gasteiger partial charge in [-0.1, -0.05) is 41.9 Å². The highest BCUT2D eigenvalue weighted by Crippen LogP contribution is 2.33. The first-order chi connectivity index (χ1) is 12.5. The number of carbonyl (C=O) groups excluding carboxylic acids is 1. The number of hydrogen-bond donors (Lipinski definition) is 1. The molecule has 3 rings (SSSR count). The molecule has 3 aromatic carbocycles. The number of hydrogen-bond acceptors (Lipinski definition) is 3. The molecular weight excluding hydrogens is 348 g/mol. The summed E-state index contributed by atoms with van der Waals surface area (Å²) >= 11 is 6.16. The quantitative estimate of drug-likeness (QED) is 0.652. The molecule has 132 valence electrons. The van der Waals surface area contributed by atoms with E-state index >= 15 is 0 Å². The van der Waals surface area contributed by atoms with E-state index in [1.54, 1.807) is 30.3 Å². The second-order valence-corrected chi connectivity index (χ2v) is 6.33. The average molecular weight is 367 g/mol. The van der Waals surface area contributed by atoms with Gasteiger partial charge in [0.1, 0.15) is 5.75 Å². The summed E-state index contributed by atoms with van der Waals surface area (Å²) in [5, 5.41) is 3.41. The number of rotatable bonds is 5. The van der Waals surface area contributed by atoms with Gasteiger partial charge in [0.25, 0.3) is 5.91 Å². The topological polar surface area (TPSA) is 41.6 Å². The van der Waals surface area contributed by atoms with E-state index < -0.39 is 0 Å². The van der Waals surface area contributed by atoms with Crippen molar-refractivity contribution in [2.75, 3.05) is 24.3 Å². The van der Waals surface area contributed by atoms with Crippen LogP contribution < -0.4 is 15.0 Å². The molecular formula is C21H19ClN2O2. The maximum absolute atomic E-state index is 12.6. The van der Waals surface area contributed by atoms with Crippen LogP contribution in [0.25, 0.3) is 0 Å². The van der Waals surface area contributed by atoms with Crippen LogP contribution in [0.5, 0.6) is 11.5 Å². The highest BCUT2D eigenvalue weighted by Gasteiger charge is 2.12. The average Bonchev–Trinajstić information content (AvgIpc) is 2.65. The number of carbonyl (C=O) groups is 1. The Kier molecular flexibility index (Phi) is 5.44. The van der Waals surface area contributed by atoms with E-state index in [2.05, 4.69) is 5.32 Å². The number of nitrogens with zero attached hydrogens (tertiary/aromatic N) is 1. The summed E-state index contributed by atoms with van der Waals surface area (Å²) < 4.78 is 5.88. The smallest absolute Gasteiger partial charge is 0.255 e. The zero-order valence-electron chi connectivity index (χ0n) is 14.6. The zero-order chi connectivity index (χ0) is 18.5. The van der Waals surface area contributed by atoms with Crippen molar-refractivity contribution < 1.29 is 9.53 Å². The third kappa shape index (κ3) is 4.16. The van der Waals surface area contributed by atoms with Gasteiger partial charge in [-0.3, -0.25) is 4.79 Å². The Labute approximate surface area is 158 Å². The summed E-state index contributed by atoms with van der Waals surface area (Å²) in [5.74, 6) is 0.854. The first-order valence-corrected chi connectivity index (χ1v) is 8.52. The lowest BCUT2D eigenvalue weighted by molar-refractivity contribution is 0.102. The van der Waals surface area contributed by atoms with Crippen LogP contribution in [-0.4, -0.2) is 20.0 Å². The summed E-state index contributed by atoms with van der Waals surface area (Å²) in [7, 11) is 3.87. The van der Waals surface area contributed by atoms with Gasteiger partial charge in [-0.05, 0) is 42.5 Å². The Bertz CT molecular complexity index is 925. The lowest BCUT2D eigenvalue weighted by Crippen LogP contribution is -2.14. The van der Waals surface area contributed by atoms with Gasteiger partial charge in [-0.2, -0.15) is 0 Å². The van der Waals surface area contributed by atoms with Crippen molar-refractivity contribution >= 4 is 28.9 Å². The van der Waals surface area contributed by atoms with Gasteiger partial charge in [0, 0.05) is 25.3 Å². The molecule has 3 aromatic rings. The molecule has 0 atom stereocenters. The molecule has 0 bridgehead atoms. The monoisotopic (exact) mass is 366 g/mol. The van der Waals surface area contributed by atoms with Gasteiger partial charge >= 0.3 is 0 Å². The highest BCUT2D eigenvalue weighted by atomic mass is 35.5. The van der Waals surface area contributed by atoms with Crippen molar-refractivity contribution in [3.63, 3.8) is 0 Å². The maximum Gasteiger partial charge on any atom is 0.255 e. The van der Waals surface area contributed by atoms with Crippen molar-refractivity contribution in [2.45, 2.75) is 0 Å². The van der Waals surface area contributed by atoms with E-state index in [1.807, 2.05) is 61.5 Å². The molecule has 0 saturated heterocycles. The Morgan fingerprint density at radius 2 is 1.62 bits per heavy atom. The van der Waals surface area contributed by atoms with Crippen molar-refractivity contribution in [1.29, 1.82) is 0 Å². The van der Waals surface area contributed by atoms with Crippen molar-refractivity contribution in [2.24, 2.45) is 0 Å². The highest BCUT2D eigenvalue weighted by molar-refractivity contribution is 6.32. The molecule has 0 radical (unpaired) electrons. The molecule has 0 spiro atoms. The Balaban J connectivity index is 1.83. The van der Waals surface area contributed by atoms with E-state index in [9.17, 15) is 4.79 Å². The second-order valence-electron chi connectivity index (χ2n) is 5.93. The molecule has 0 saturated carbocycles. The fraction of sp³-hybridized carbons (Fsp3) is 0.0952. The normalized spacial score (nSPS) is 10.3. The number of halogens is 1. The summed E-state index contributed by atoms with van der Waals surface area (Å²) in [6.45, 7) is 0.